The van der Waals surface area contributed by atoms with E-state index in [0.717, 1.165) is 12.8 Å². The number of hydrogen-bond acceptors (Lipinski definition) is 4. The standard InChI is InChI=1S/C13H17NO5/c1-2-18-8-13(5-6-13)12(17)14-7-9-3-4-10(19-9)11(15)16/h3-4H,2,5-8H2,1H3,(H,14,17)(H,15,16). The second kappa shape index (κ2) is 5.44. The number of amides is 1. The van der Waals surface area contributed by atoms with Gasteiger partial charge in [-0.2, -0.15) is 0 Å². The summed E-state index contributed by atoms with van der Waals surface area (Å²) in [5.41, 5.74) is -0.391. The van der Waals surface area contributed by atoms with Crippen molar-refractivity contribution in [1.82, 2.24) is 5.32 Å². The Labute approximate surface area is 110 Å². The Balaban J connectivity index is 1.84. The van der Waals surface area contributed by atoms with Gasteiger partial charge in [0.2, 0.25) is 11.7 Å². The first kappa shape index (κ1) is 13.6. The van der Waals surface area contributed by atoms with Crippen LogP contribution in [0, 0.1) is 5.41 Å². The van der Waals surface area contributed by atoms with Crippen molar-refractivity contribution in [3.05, 3.63) is 23.7 Å². The topological polar surface area (TPSA) is 88.8 Å². The Hall–Kier alpha value is -1.82. The SMILES string of the molecule is CCOCC1(C(=O)NCc2ccc(C(=O)O)o2)CC1. The Morgan fingerprint density at radius 3 is 2.74 bits per heavy atom. The van der Waals surface area contributed by atoms with E-state index in [1.54, 1.807) is 6.07 Å². The minimum Gasteiger partial charge on any atom is -0.475 e. The monoisotopic (exact) mass is 267 g/mol. The number of furan rings is 1. The fourth-order valence-electron chi connectivity index (χ4n) is 1.83. The van der Waals surface area contributed by atoms with Crippen molar-refractivity contribution in [2.45, 2.75) is 26.3 Å². The molecule has 0 radical (unpaired) electrons. The van der Waals surface area contributed by atoms with Gasteiger partial charge in [-0.05, 0) is 31.9 Å². The molecule has 2 rings (SSSR count). The molecule has 0 atom stereocenters. The zero-order valence-corrected chi connectivity index (χ0v) is 10.8. The number of carboxylic acid groups (broad SMARTS) is 1. The lowest BCUT2D eigenvalue weighted by Gasteiger charge is -2.14. The molecule has 0 bridgehead atoms. The maximum Gasteiger partial charge on any atom is 0.371 e. The predicted octanol–water partition coefficient (Wildman–Crippen LogP) is 1.41. The van der Waals surface area contributed by atoms with Crippen molar-refractivity contribution in [2.75, 3.05) is 13.2 Å². The van der Waals surface area contributed by atoms with Crippen LogP contribution in [0.1, 0.15) is 36.1 Å². The van der Waals surface area contributed by atoms with Crippen LogP contribution in [0.5, 0.6) is 0 Å². The zero-order chi connectivity index (χ0) is 13.9. The van der Waals surface area contributed by atoms with Crippen molar-refractivity contribution in [3.63, 3.8) is 0 Å². The number of hydrogen-bond donors (Lipinski definition) is 2. The summed E-state index contributed by atoms with van der Waals surface area (Å²) in [7, 11) is 0. The van der Waals surface area contributed by atoms with Gasteiger partial charge in [-0.25, -0.2) is 4.79 Å². The molecule has 0 saturated heterocycles. The second-order valence-corrected chi connectivity index (χ2v) is 4.67. The number of nitrogens with one attached hydrogen (secondary N) is 1. The molecule has 104 valence electrons. The van der Waals surface area contributed by atoms with Gasteiger partial charge in [0.05, 0.1) is 18.6 Å². The van der Waals surface area contributed by atoms with Crippen LogP contribution in [0.2, 0.25) is 0 Å². The van der Waals surface area contributed by atoms with E-state index in [0.29, 0.717) is 19.0 Å². The lowest BCUT2D eigenvalue weighted by atomic mass is 10.1. The van der Waals surface area contributed by atoms with Crippen LogP contribution < -0.4 is 5.32 Å². The van der Waals surface area contributed by atoms with Crippen molar-refractivity contribution in [1.29, 1.82) is 0 Å². The molecule has 6 heteroatoms. The summed E-state index contributed by atoms with van der Waals surface area (Å²) in [4.78, 5) is 22.6. The summed E-state index contributed by atoms with van der Waals surface area (Å²) in [6.07, 6.45) is 1.66. The van der Waals surface area contributed by atoms with Gasteiger partial charge in [-0.15, -0.1) is 0 Å². The molecule has 1 fully saturated rings. The van der Waals surface area contributed by atoms with E-state index in [1.807, 2.05) is 6.92 Å². The van der Waals surface area contributed by atoms with E-state index in [9.17, 15) is 9.59 Å². The van der Waals surface area contributed by atoms with Gasteiger partial charge in [0.25, 0.3) is 0 Å². The molecule has 1 heterocycles. The lowest BCUT2D eigenvalue weighted by molar-refractivity contribution is -0.128. The van der Waals surface area contributed by atoms with Crippen molar-refractivity contribution in [2.24, 2.45) is 5.41 Å². The zero-order valence-electron chi connectivity index (χ0n) is 10.8. The third-order valence-corrected chi connectivity index (χ3v) is 3.21. The molecule has 1 aromatic heterocycles. The van der Waals surface area contributed by atoms with Gasteiger partial charge in [0, 0.05) is 6.61 Å². The average molecular weight is 267 g/mol. The quantitative estimate of drug-likeness (QED) is 0.779. The van der Waals surface area contributed by atoms with Crippen LogP contribution in [0.15, 0.2) is 16.5 Å². The Morgan fingerprint density at radius 2 is 2.21 bits per heavy atom. The van der Waals surface area contributed by atoms with Gasteiger partial charge in [-0.3, -0.25) is 4.79 Å². The Kier molecular flexibility index (Phi) is 3.90. The highest BCUT2D eigenvalue weighted by molar-refractivity contribution is 5.85. The first-order chi connectivity index (χ1) is 9.07. The Morgan fingerprint density at radius 1 is 1.47 bits per heavy atom. The summed E-state index contributed by atoms with van der Waals surface area (Å²) in [5.74, 6) is -0.875. The van der Waals surface area contributed by atoms with E-state index >= 15 is 0 Å². The molecule has 6 nitrogen and oxygen atoms in total. The fourth-order valence-corrected chi connectivity index (χ4v) is 1.83. The fraction of sp³-hybridized carbons (Fsp3) is 0.538. The smallest absolute Gasteiger partial charge is 0.371 e. The molecule has 1 amide bonds. The molecule has 1 aliphatic carbocycles. The van der Waals surface area contributed by atoms with Crippen LogP contribution in [0.3, 0.4) is 0 Å². The summed E-state index contributed by atoms with van der Waals surface area (Å²) in [5, 5.41) is 11.5. The molecule has 0 spiro atoms. The molecule has 19 heavy (non-hydrogen) atoms. The molecule has 0 unspecified atom stereocenters. The highest BCUT2D eigenvalue weighted by Gasteiger charge is 2.49. The van der Waals surface area contributed by atoms with Gasteiger partial charge >= 0.3 is 5.97 Å². The number of carboxylic acids is 1. The number of ether oxygens (including phenoxy) is 1. The van der Waals surface area contributed by atoms with Crippen LogP contribution in [-0.2, 0) is 16.1 Å². The van der Waals surface area contributed by atoms with Crippen LogP contribution in [0.4, 0.5) is 0 Å². The van der Waals surface area contributed by atoms with Gasteiger partial charge in [0.15, 0.2) is 0 Å². The second-order valence-electron chi connectivity index (χ2n) is 4.67. The van der Waals surface area contributed by atoms with Gasteiger partial charge < -0.3 is 19.6 Å². The third kappa shape index (κ3) is 3.14. The molecule has 0 aliphatic heterocycles. The largest absolute Gasteiger partial charge is 0.475 e. The average Bonchev–Trinajstić information content (AvgIpc) is 3.03. The minimum atomic E-state index is -1.12. The number of rotatable bonds is 7. The minimum absolute atomic E-state index is 0.0609. The molecular formula is C13H17NO5. The lowest BCUT2D eigenvalue weighted by Crippen LogP contribution is -2.34. The van der Waals surface area contributed by atoms with Gasteiger partial charge in [-0.1, -0.05) is 0 Å². The predicted molar refractivity (Wildman–Crippen MR) is 65.7 cm³/mol. The first-order valence-electron chi connectivity index (χ1n) is 6.25. The highest BCUT2D eigenvalue weighted by atomic mass is 16.5. The number of carbonyl (C=O) groups excluding carboxylic acids is 1. The molecule has 1 aromatic rings. The van der Waals surface area contributed by atoms with E-state index < -0.39 is 11.4 Å². The maximum atomic E-state index is 12.0. The molecule has 1 aliphatic rings. The Bertz CT molecular complexity index is 475. The van der Waals surface area contributed by atoms with Crippen molar-refractivity contribution >= 4 is 11.9 Å². The van der Waals surface area contributed by atoms with Crippen LogP contribution in [-0.4, -0.2) is 30.2 Å². The van der Waals surface area contributed by atoms with E-state index in [1.165, 1.54) is 6.07 Å². The molecule has 2 N–H and O–H groups in total. The van der Waals surface area contributed by atoms with E-state index in [-0.39, 0.29) is 18.2 Å². The highest BCUT2D eigenvalue weighted by Crippen LogP contribution is 2.46. The maximum absolute atomic E-state index is 12.0. The summed E-state index contributed by atoms with van der Waals surface area (Å²) in [6, 6.07) is 2.92. The number of carbonyl (C=O) groups is 2. The molecular weight excluding hydrogens is 250 g/mol. The van der Waals surface area contributed by atoms with Crippen LogP contribution in [0.25, 0.3) is 0 Å². The summed E-state index contributed by atoms with van der Waals surface area (Å²) in [6.45, 7) is 3.12. The van der Waals surface area contributed by atoms with Crippen molar-refractivity contribution < 1.29 is 23.8 Å². The number of aromatic carboxylic acids is 1. The van der Waals surface area contributed by atoms with Crippen LogP contribution >= 0.6 is 0 Å². The molecule has 0 aromatic carbocycles. The normalized spacial score (nSPS) is 16.1. The molecule has 1 saturated carbocycles. The first-order valence-corrected chi connectivity index (χ1v) is 6.25. The third-order valence-electron chi connectivity index (χ3n) is 3.21. The van der Waals surface area contributed by atoms with Gasteiger partial charge in [0.1, 0.15) is 5.76 Å². The van der Waals surface area contributed by atoms with E-state index in [2.05, 4.69) is 5.32 Å². The van der Waals surface area contributed by atoms with E-state index in [4.69, 9.17) is 14.3 Å². The summed E-state index contributed by atoms with van der Waals surface area (Å²) < 4.78 is 10.4. The van der Waals surface area contributed by atoms with Crippen molar-refractivity contribution in [3.8, 4) is 0 Å². The summed E-state index contributed by atoms with van der Waals surface area (Å²) >= 11 is 0.